The molecule has 0 aliphatic heterocycles. The number of carbonyl (C=O) groups is 1. The second-order valence-corrected chi connectivity index (χ2v) is 6.42. The number of benzene rings is 2. The van der Waals surface area contributed by atoms with Gasteiger partial charge in [-0.1, -0.05) is 41.0 Å². The Labute approximate surface area is 155 Å². The molecule has 3 aromatic rings. The minimum atomic E-state index is -0.454. The van der Waals surface area contributed by atoms with Gasteiger partial charge in [-0.3, -0.25) is 4.79 Å². The molecule has 2 aromatic carbocycles. The van der Waals surface area contributed by atoms with Crippen molar-refractivity contribution in [2.45, 2.75) is 26.3 Å². The van der Waals surface area contributed by atoms with Gasteiger partial charge in [0.15, 0.2) is 0 Å². The summed E-state index contributed by atoms with van der Waals surface area (Å²) >= 11 is 6.12. The maximum atomic E-state index is 12.9. The van der Waals surface area contributed by atoms with Crippen molar-refractivity contribution in [3.63, 3.8) is 0 Å². The third-order valence-electron chi connectivity index (χ3n) is 3.90. The van der Waals surface area contributed by atoms with Crippen LogP contribution in [0.3, 0.4) is 0 Å². The summed E-state index contributed by atoms with van der Waals surface area (Å²) in [4.78, 5) is 16.5. The minimum absolute atomic E-state index is 0.138. The fraction of sp³-hybridized carbons (Fsp3) is 0.211. The second-order valence-electron chi connectivity index (χ2n) is 6.01. The van der Waals surface area contributed by atoms with Crippen molar-refractivity contribution < 1.29 is 13.7 Å². The zero-order valence-electron chi connectivity index (χ0n) is 14.3. The Balaban J connectivity index is 1.65. The van der Waals surface area contributed by atoms with Crippen LogP contribution in [0.4, 0.5) is 4.39 Å². The van der Waals surface area contributed by atoms with Gasteiger partial charge < -0.3 is 9.84 Å². The first-order valence-electron chi connectivity index (χ1n) is 8.06. The molecule has 0 spiro atoms. The predicted molar refractivity (Wildman–Crippen MR) is 96.1 cm³/mol. The first-order chi connectivity index (χ1) is 12.4. The Hall–Kier alpha value is -2.73. The number of carbonyl (C=O) groups excluding carboxylic acids is 1. The highest BCUT2D eigenvalue weighted by Gasteiger charge is 2.18. The van der Waals surface area contributed by atoms with Crippen molar-refractivity contribution in [3.05, 3.63) is 70.3 Å². The summed E-state index contributed by atoms with van der Waals surface area (Å²) in [7, 11) is 0. The second kappa shape index (κ2) is 7.66. The van der Waals surface area contributed by atoms with Crippen LogP contribution in [0.25, 0.3) is 11.4 Å². The van der Waals surface area contributed by atoms with Crippen LogP contribution >= 0.6 is 11.6 Å². The Morgan fingerprint density at radius 1 is 1.27 bits per heavy atom. The Kier molecular flexibility index (Phi) is 5.32. The lowest BCUT2D eigenvalue weighted by molar-refractivity contribution is -0.121. The zero-order valence-corrected chi connectivity index (χ0v) is 15.0. The quantitative estimate of drug-likeness (QED) is 0.725. The Morgan fingerprint density at radius 2 is 2.00 bits per heavy atom. The number of hydrogen-bond donors (Lipinski definition) is 1. The zero-order chi connectivity index (χ0) is 18.7. The molecule has 0 unspecified atom stereocenters. The first kappa shape index (κ1) is 18.1. The van der Waals surface area contributed by atoms with Crippen LogP contribution < -0.4 is 5.32 Å². The molecule has 0 aliphatic carbocycles. The Morgan fingerprint density at radius 3 is 2.69 bits per heavy atom. The van der Waals surface area contributed by atoms with Gasteiger partial charge in [-0.05, 0) is 43.2 Å². The molecule has 0 saturated heterocycles. The van der Waals surface area contributed by atoms with Gasteiger partial charge in [0.1, 0.15) is 11.9 Å². The Bertz CT molecular complexity index is 925. The summed E-state index contributed by atoms with van der Waals surface area (Å²) < 4.78 is 18.2. The summed E-state index contributed by atoms with van der Waals surface area (Å²) in [6, 6.07) is 10.8. The van der Waals surface area contributed by atoms with Crippen LogP contribution in [-0.2, 0) is 11.2 Å². The lowest BCUT2D eigenvalue weighted by Gasteiger charge is -2.09. The van der Waals surface area contributed by atoms with E-state index in [2.05, 4.69) is 15.5 Å². The van der Waals surface area contributed by atoms with Crippen LogP contribution in [0.1, 0.15) is 30.0 Å². The molecule has 0 bridgehead atoms. The van der Waals surface area contributed by atoms with E-state index in [-0.39, 0.29) is 18.1 Å². The molecule has 0 fully saturated rings. The molecule has 1 amide bonds. The van der Waals surface area contributed by atoms with Gasteiger partial charge in [-0.2, -0.15) is 4.98 Å². The summed E-state index contributed by atoms with van der Waals surface area (Å²) in [5.41, 5.74) is 2.41. The molecule has 26 heavy (non-hydrogen) atoms. The summed E-state index contributed by atoms with van der Waals surface area (Å²) in [5, 5.41) is 7.35. The van der Waals surface area contributed by atoms with Crippen molar-refractivity contribution in [1.82, 2.24) is 15.5 Å². The number of nitrogens with one attached hydrogen (secondary N) is 1. The SMILES string of the molecule is Cc1ccc(-c2noc([C@H](C)NC(=O)Cc3ccc(F)cc3)n2)cc1Cl. The maximum absolute atomic E-state index is 12.9. The van der Waals surface area contributed by atoms with Crippen LogP contribution in [0.2, 0.25) is 5.02 Å². The molecule has 1 atom stereocenters. The number of aryl methyl sites for hydroxylation is 1. The van der Waals surface area contributed by atoms with Crippen LogP contribution in [-0.4, -0.2) is 16.0 Å². The van der Waals surface area contributed by atoms with E-state index in [9.17, 15) is 9.18 Å². The van der Waals surface area contributed by atoms with E-state index in [1.165, 1.54) is 12.1 Å². The molecule has 7 heteroatoms. The van der Waals surface area contributed by atoms with Gasteiger partial charge in [0.2, 0.25) is 17.6 Å². The van der Waals surface area contributed by atoms with Crippen molar-refractivity contribution >= 4 is 17.5 Å². The predicted octanol–water partition coefficient (Wildman–Crippen LogP) is 4.26. The van der Waals surface area contributed by atoms with Crippen LogP contribution in [0.15, 0.2) is 47.0 Å². The third kappa shape index (κ3) is 4.26. The fourth-order valence-electron chi connectivity index (χ4n) is 2.40. The molecule has 0 saturated carbocycles. The summed E-state index contributed by atoms with van der Waals surface area (Å²) in [6.07, 6.45) is 0.138. The van der Waals surface area contributed by atoms with Gasteiger partial charge >= 0.3 is 0 Å². The third-order valence-corrected chi connectivity index (χ3v) is 4.30. The number of rotatable bonds is 5. The molecule has 0 radical (unpaired) electrons. The minimum Gasteiger partial charge on any atom is -0.344 e. The van der Waals surface area contributed by atoms with Gasteiger partial charge in [0.05, 0.1) is 6.42 Å². The molecule has 1 N–H and O–H groups in total. The topological polar surface area (TPSA) is 68.0 Å². The molecular weight excluding hydrogens is 357 g/mol. The summed E-state index contributed by atoms with van der Waals surface area (Å²) in [5.74, 6) is 0.144. The summed E-state index contributed by atoms with van der Waals surface area (Å²) in [6.45, 7) is 3.66. The fourth-order valence-corrected chi connectivity index (χ4v) is 2.58. The van der Waals surface area contributed by atoms with Crippen molar-refractivity contribution in [1.29, 1.82) is 0 Å². The molecule has 1 aromatic heterocycles. The molecule has 1 heterocycles. The first-order valence-corrected chi connectivity index (χ1v) is 8.44. The highest BCUT2D eigenvalue weighted by Crippen LogP contribution is 2.24. The lowest BCUT2D eigenvalue weighted by atomic mass is 10.1. The molecular formula is C19H17ClFN3O2. The highest BCUT2D eigenvalue weighted by atomic mass is 35.5. The smallest absolute Gasteiger partial charge is 0.249 e. The highest BCUT2D eigenvalue weighted by molar-refractivity contribution is 6.31. The van der Waals surface area contributed by atoms with Gasteiger partial charge in [-0.25, -0.2) is 4.39 Å². The number of nitrogens with zero attached hydrogens (tertiary/aromatic N) is 2. The number of amides is 1. The molecule has 0 aliphatic rings. The normalized spacial score (nSPS) is 12.0. The van der Waals surface area contributed by atoms with E-state index >= 15 is 0 Å². The van der Waals surface area contributed by atoms with Crippen molar-refractivity contribution in [2.75, 3.05) is 0 Å². The monoisotopic (exact) mass is 373 g/mol. The van der Waals surface area contributed by atoms with E-state index < -0.39 is 6.04 Å². The molecule has 3 rings (SSSR count). The lowest BCUT2D eigenvalue weighted by Crippen LogP contribution is -2.28. The van der Waals surface area contributed by atoms with Crippen molar-refractivity contribution in [2.24, 2.45) is 0 Å². The number of hydrogen-bond acceptors (Lipinski definition) is 4. The number of halogens is 2. The van der Waals surface area contributed by atoms with E-state index in [0.29, 0.717) is 16.7 Å². The maximum Gasteiger partial charge on any atom is 0.249 e. The largest absolute Gasteiger partial charge is 0.344 e. The van der Waals surface area contributed by atoms with Gasteiger partial charge in [-0.15, -0.1) is 0 Å². The van der Waals surface area contributed by atoms with E-state index in [4.69, 9.17) is 16.1 Å². The standard InChI is InChI=1S/C19H17ClFN3O2/c1-11-3-6-14(10-16(11)20)18-23-19(26-24-18)12(2)22-17(25)9-13-4-7-15(21)8-5-13/h3-8,10,12H,9H2,1-2H3,(H,22,25)/t12-/m0/s1. The average molecular weight is 374 g/mol. The van der Waals surface area contributed by atoms with Crippen LogP contribution in [0.5, 0.6) is 0 Å². The average Bonchev–Trinajstić information content (AvgIpc) is 3.09. The van der Waals surface area contributed by atoms with E-state index in [1.807, 2.05) is 19.1 Å². The van der Waals surface area contributed by atoms with E-state index in [0.717, 1.165) is 16.7 Å². The number of aromatic nitrogens is 2. The van der Waals surface area contributed by atoms with Gasteiger partial charge in [0.25, 0.3) is 0 Å². The van der Waals surface area contributed by atoms with Crippen LogP contribution in [0, 0.1) is 12.7 Å². The van der Waals surface area contributed by atoms with Crippen molar-refractivity contribution in [3.8, 4) is 11.4 Å². The molecule has 134 valence electrons. The molecule has 5 nitrogen and oxygen atoms in total. The van der Waals surface area contributed by atoms with E-state index in [1.54, 1.807) is 25.1 Å². The van der Waals surface area contributed by atoms with Gasteiger partial charge in [0, 0.05) is 10.6 Å².